The van der Waals surface area contributed by atoms with Crippen molar-refractivity contribution in [2.24, 2.45) is 11.8 Å². The van der Waals surface area contributed by atoms with Crippen LogP contribution in [0.2, 0.25) is 0 Å². The maximum atomic E-state index is 13.0. The summed E-state index contributed by atoms with van der Waals surface area (Å²) in [6.07, 6.45) is 44.4. The second kappa shape index (κ2) is 60.3. The molecular weight excluding hydrogens is 1150 g/mol. The summed E-state index contributed by atoms with van der Waals surface area (Å²) < 4.78 is 68.1. The highest BCUT2D eigenvalue weighted by molar-refractivity contribution is 7.47. The molecule has 0 aliphatic rings. The first-order valence-electron chi connectivity index (χ1n) is 35.5. The van der Waals surface area contributed by atoms with Crippen LogP contribution in [0.25, 0.3) is 0 Å². The number of rotatable bonds is 67. The minimum atomic E-state index is -4.95. The molecule has 17 nitrogen and oxygen atoms in total. The van der Waals surface area contributed by atoms with Crippen LogP contribution < -0.4 is 0 Å². The summed E-state index contributed by atoms with van der Waals surface area (Å²) in [5, 5.41) is 10.6. The summed E-state index contributed by atoms with van der Waals surface area (Å²) >= 11 is 0. The van der Waals surface area contributed by atoms with Crippen molar-refractivity contribution in [1.82, 2.24) is 0 Å². The zero-order valence-electron chi connectivity index (χ0n) is 56.3. The molecule has 19 heteroatoms. The molecule has 516 valence electrons. The van der Waals surface area contributed by atoms with Gasteiger partial charge in [-0.1, -0.05) is 292 Å². The van der Waals surface area contributed by atoms with Gasteiger partial charge >= 0.3 is 39.5 Å². The standard InChI is InChI=1S/C68H132O17P2/c1-7-10-12-14-16-17-20-28-34-40-46-52-67(72)84-63(56-78-65(70)50-44-38-30-15-13-11-8-2)58-82-86(74,75)80-54-62(69)55-81-87(76,77)83-59-64(57-79-66(71)51-45-39-33-27-24-23-26-32-37-43-49-61(6)9-3)85-68(73)53-47-41-35-29-22-19-18-21-25-31-36-42-48-60(4)5/h60-64,69H,7-59H2,1-6H3,(H,74,75)(H,76,77)/t61?,62-,63+,64+/m0/s1. The van der Waals surface area contributed by atoms with Crippen molar-refractivity contribution in [3.63, 3.8) is 0 Å². The van der Waals surface area contributed by atoms with Gasteiger partial charge in [-0.15, -0.1) is 0 Å². The Hall–Kier alpha value is -1.94. The predicted octanol–water partition coefficient (Wildman–Crippen LogP) is 19.2. The minimum Gasteiger partial charge on any atom is -0.462 e. The predicted molar refractivity (Wildman–Crippen MR) is 349 cm³/mol. The van der Waals surface area contributed by atoms with Crippen LogP contribution in [-0.4, -0.2) is 96.7 Å². The van der Waals surface area contributed by atoms with Gasteiger partial charge in [-0.2, -0.15) is 0 Å². The molecule has 0 amide bonds. The molecule has 0 saturated carbocycles. The lowest BCUT2D eigenvalue weighted by molar-refractivity contribution is -0.161. The molecule has 0 bridgehead atoms. The average Bonchev–Trinajstić information content (AvgIpc) is 3.69. The third-order valence-corrected chi connectivity index (χ3v) is 18.0. The van der Waals surface area contributed by atoms with Crippen molar-refractivity contribution in [2.75, 3.05) is 39.6 Å². The number of aliphatic hydroxyl groups excluding tert-OH is 1. The van der Waals surface area contributed by atoms with Gasteiger partial charge < -0.3 is 33.8 Å². The van der Waals surface area contributed by atoms with Crippen molar-refractivity contribution >= 4 is 39.5 Å². The smallest absolute Gasteiger partial charge is 0.462 e. The normalized spacial score (nSPS) is 14.5. The summed E-state index contributed by atoms with van der Waals surface area (Å²) in [5.41, 5.74) is 0. The van der Waals surface area contributed by atoms with Crippen molar-refractivity contribution in [1.29, 1.82) is 0 Å². The highest BCUT2D eigenvalue weighted by Crippen LogP contribution is 2.45. The van der Waals surface area contributed by atoms with Gasteiger partial charge in [-0.25, -0.2) is 9.13 Å². The molecule has 0 aromatic carbocycles. The molecule has 3 unspecified atom stereocenters. The van der Waals surface area contributed by atoms with Crippen LogP contribution >= 0.6 is 15.6 Å². The summed E-state index contributed by atoms with van der Waals surface area (Å²) in [4.78, 5) is 72.3. The van der Waals surface area contributed by atoms with Crippen LogP contribution in [0.3, 0.4) is 0 Å². The lowest BCUT2D eigenvalue weighted by Crippen LogP contribution is -2.30. The fraction of sp³-hybridized carbons (Fsp3) is 0.941. The van der Waals surface area contributed by atoms with E-state index in [9.17, 15) is 43.2 Å². The number of ether oxygens (including phenoxy) is 4. The minimum absolute atomic E-state index is 0.106. The molecule has 3 N–H and O–H groups in total. The molecule has 0 aromatic heterocycles. The Labute approximate surface area is 530 Å². The first-order chi connectivity index (χ1) is 41.9. The van der Waals surface area contributed by atoms with Crippen LogP contribution in [0, 0.1) is 11.8 Å². The molecule has 0 fully saturated rings. The first kappa shape index (κ1) is 85.1. The molecule has 0 radical (unpaired) electrons. The Balaban J connectivity index is 5.22. The fourth-order valence-corrected chi connectivity index (χ4v) is 11.8. The lowest BCUT2D eigenvalue weighted by Gasteiger charge is -2.21. The van der Waals surface area contributed by atoms with E-state index in [1.54, 1.807) is 0 Å². The summed E-state index contributed by atoms with van der Waals surface area (Å²) in [7, 11) is -9.89. The van der Waals surface area contributed by atoms with E-state index < -0.39 is 97.5 Å². The van der Waals surface area contributed by atoms with Gasteiger partial charge in [-0.05, 0) is 37.5 Å². The number of carbonyl (C=O) groups is 4. The first-order valence-corrected chi connectivity index (χ1v) is 38.5. The Morgan fingerprint density at radius 2 is 0.586 bits per heavy atom. The van der Waals surface area contributed by atoms with Crippen molar-refractivity contribution < 1.29 is 80.2 Å². The third kappa shape index (κ3) is 61.3. The van der Waals surface area contributed by atoms with E-state index in [0.717, 1.165) is 115 Å². The van der Waals surface area contributed by atoms with E-state index in [0.29, 0.717) is 25.7 Å². The Morgan fingerprint density at radius 1 is 0.333 bits per heavy atom. The van der Waals surface area contributed by atoms with Crippen LogP contribution in [0.1, 0.15) is 343 Å². The van der Waals surface area contributed by atoms with E-state index in [1.807, 2.05) is 0 Å². The van der Waals surface area contributed by atoms with Gasteiger partial charge in [0.1, 0.15) is 19.3 Å². The van der Waals surface area contributed by atoms with Gasteiger partial charge in [-0.3, -0.25) is 37.3 Å². The SMILES string of the molecule is CCCCCCCCCCCCCC(=O)O[C@H](COC(=O)CCCCCCCCC)COP(=O)(O)OC[C@H](O)COP(=O)(O)OC[C@@H](COC(=O)CCCCCCCCCCCCC(C)CC)OC(=O)CCCCCCCCCCCCCCC(C)C. The van der Waals surface area contributed by atoms with Gasteiger partial charge in [0.2, 0.25) is 0 Å². The number of unbranched alkanes of at least 4 members (excludes halogenated alkanes) is 36. The van der Waals surface area contributed by atoms with E-state index >= 15 is 0 Å². The molecule has 87 heavy (non-hydrogen) atoms. The number of hydrogen-bond donors (Lipinski definition) is 3. The number of phosphoric ester groups is 2. The number of phosphoric acid groups is 2. The second-order valence-corrected chi connectivity index (χ2v) is 28.2. The number of esters is 4. The topological polar surface area (TPSA) is 237 Å². The molecule has 0 rings (SSSR count). The van der Waals surface area contributed by atoms with Crippen molar-refractivity contribution in [2.45, 2.75) is 362 Å². The fourth-order valence-electron chi connectivity index (χ4n) is 10.2. The van der Waals surface area contributed by atoms with E-state index in [-0.39, 0.29) is 25.7 Å². The summed E-state index contributed by atoms with van der Waals surface area (Å²) in [5.74, 6) is -0.544. The molecule has 0 aliphatic carbocycles. The Morgan fingerprint density at radius 3 is 0.874 bits per heavy atom. The van der Waals surface area contributed by atoms with Crippen LogP contribution in [-0.2, 0) is 65.4 Å². The van der Waals surface area contributed by atoms with E-state index in [1.165, 1.54) is 148 Å². The average molecular weight is 1280 g/mol. The largest absolute Gasteiger partial charge is 0.472 e. The Kier molecular flexibility index (Phi) is 59.0. The lowest BCUT2D eigenvalue weighted by atomic mass is 9.99. The van der Waals surface area contributed by atoms with Crippen LogP contribution in [0.15, 0.2) is 0 Å². The zero-order valence-corrected chi connectivity index (χ0v) is 58.1. The molecular formula is C68H132O17P2. The van der Waals surface area contributed by atoms with Gasteiger partial charge in [0.05, 0.1) is 26.4 Å². The third-order valence-electron chi connectivity index (χ3n) is 16.1. The monoisotopic (exact) mass is 1280 g/mol. The van der Waals surface area contributed by atoms with E-state index in [4.69, 9.17) is 37.0 Å². The molecule has 0 aliphatic heterocycles. The highest BCUT2D eigenvalue weighted by Gasteiger charge is 2.30. The van der Waals surface area contributed by atoms with Crippen molar-refractivity contribution in [3.05, 3.63) is 0 Å². The molecule has 0 heterocycles. The molecule has 0 saturated heterocycles. The molecule has 0 spiro atoms. The van der Waals surface area contributed by atoms with E-state index in [2.05, 4.69) is 41.5 Å². The highest BCUT2D eigenvalue weighted by atomic mass is 31.2. The van der Waals surface area contributed by atoms with Gasteiger partial charge in [0.15, 0.2) is 12.2 Å². The Bertz CT molecular complexity index is 1700. The maximum Gasteiger partial charge on any atom is 0.472 e. The number of carbonyl (C=O) groups excluding carboxylic acids is 4. The van der Waals surface area contributed by atoms with Gasteiger partial charge in [0.25, 0.3) is 0 Å². The van der Waals surface area contributed by atoms with Gasteiger partial charge in [0, 0.05) is 25.7 Å². The molecule has 6 atom stereocenters. The number of aliphatic hydroxyl groups is 1. The second-order valence-electron chi connectivity index (χ2n) is 25.3. The van der Waals surface area contributed by atoms with Crippen molar-refractivity contribution in [3.8, 4) is 0 Å². The summed E-state index contributed by atoms with van der Waals surface area (Å²) in [6, 6.07) is 0. The van der Waals surface area contributed by atoms with Crippen LogP contribution in [0.5, 0.6) is 0 Å². The zero-order chi connectivity index (χ0) is 64.3. The summed E-state index contributed by atoms with van der Waals surface area (Å²) in [6.45, 7) is 9.53. The molecule has 0 aromatic rings. The quantitative estimate of drug-likeness (QED) is 0.0222. The maximum absolute atomic E-state index is 13.0. The van der Waals surface area contributed by atoms with Crippen LogP contribution in [0.4, 0.5) is 0 Å². The number of hydrogen-bond acceptors (Lipinski definition) is 15.